The van der Waals surface area contributed by atoms with Gasteiger partial charge in [0, 0.05) is 11.6 Å². The van der Waals surface area contributed by atoms with Crippen molar-refractivity contribution in [3.8, 4) is 23.0 Å². The van der Waals surface area contributed by atoms with Gasteiger partial charge in [-0.25, -0.2) is 4.79 Å². The molecule has 7 nitrogen and oxygen atoms in total. The number of hydrogen-bond donors (Lipinski definition) is 1. The molecule has 2 aromatic rings. The normalized spacial score (nSPS) is 12.1. The first-order valence-electron chi connectivity index (χ1n) is 10.1. The smallest absolute Gasteiger partial charge is 0.344 e. The summed E-state index contributed by atoms with van der Waals surface area (Å²) in [6, 6.07) is 10.7. The molecule has 0 heterocycles. The summed E-state index contributed by atoms with van der Waals surface area (Å²) in [7, 11) is 4.73. The van der Waals surface area contributed by atoms with Crippen LogP contribution in [-0.4, -0.2) is 44.6 Å². The Bertz CT molecular complexity index is 871. The van der Waals surface area contributed by atoms with E-state index in [1.807, 2.05) is 12.1 Å². The number of rotatable bonds is 10. The van der Waals surface area contributed by atoms with Crippen LogP contribution >= 0.6 is 0 Å². The average molecular weight is 433 g/mol. The molecule has 170 valence electrons. The Kier molecular flexibility index (Phi) is 8.56. The van der Waals surface area contributed by atoms with Gasteiger partial charge in [-0.3, -0.25) is 0 Å². The summed E-state index contributed by atoms with van der Waals surface area (Å²) in [5.41, 5.74) is 0.994. The van der Waals surface area contributed by atoms with E-state index in [9.17, 15) is 9.90 Å². The molecule has 0 aliphatic carbocycles. The topological polar surface area (TPSA) is 83.5 Å². The van der Waals surface area contributed by atoms with E-state index < -0.39 is 17.7 Å². The van der Waals surface area contributed by atoms with E-state index in [0.29, 0.717) is 41.4 Å². The summed E-state index contributed by atoms with van der Waals surface area (Å²) in [6.45, 7) is 5.20. The third-order valence-electron chi connectivity index (χ3n) is 4.47. The number of benzene rings is 2. The Morgan fingerprint density at radius 3 is 2.35 bits per heavy atom. The molecule has 31 heavy (non-hydrogen) atoms. The van der Waals surface area contributed by atoms with Crippen LogP contribution in [0.5, 0.6) is 23.0 Å². The van der Waals surface area contributed by atoms with Gasteiger partial charge in [-0.15, -0.1) is 0 Å². The van der Waals surface area contributed by atoms with Gasteiger partial charge in [0.1, 0.15) is 17.1 Å². The Hall–Kier alpha value is -2.93. The highest BCUT2D eigenvalue weighted by Gasteiger charge is 2.18. The van der Waals surface area contributed by atoms with Gasteiger partial charge < -0.3 is 28.8 Å². The molecule has 0 aliphatic rings. The van der Waals surface area contributed by atoms with Gasteiger partial charge in [-0.1, -0.05) is 12.1 Å². The minimum atomic E-state index is -0.730. The molecule has 0 saturated carbocycles. The number of esters is 1. The van der Waals surface area contributed by atoms with Gasteiger partial charge in [0.2, 0.25) is 0 Å². The molecule has 0 fully saturated rings. The van der Waals surface area contributed by atoms with E-state index in [0.717, 1.165) is 5.56 Å². The second kappa shape index (κ2) is 10.9. The van der Waals surface area contributed by atoms with E-state index in [1.165, 1.54) is 0 Å². The fourth-order valence-electron chi connectivity index (χ4n) is 3.10. The predicted molar refractivity (Wildman–Crippen MR) is 117 cm³/mol. The van der Waals surface area contributed by atoms with Gasteiger partial charge in [-0.2, -0.15) is 0 Å². The molecule has 1 atom stereocenters. The van der Waals surface area contributed by atoms with E-state index in [4.69, 9.17) is 23.7 Å². The number of aryl methyl sites for hydroxylation is 1. The van der Waals surface area contributed by atoms with E-state index in [2.05, 4.69) is 0 Å². The molecule has 2 aromatic carbocycles. The number of ether oxygens (including phenoxy) is 5. The van der Waals surface area contributed by atoms with Crippen molar-refractivity contribution in [2.45, 2.75) is 45.3 Å². The van der Waals surface area contributed by atoms with Crippen molar-refractivity contribution >= 4 is 5.97 Å². The lowest BCUT2D eigenvalue weighted by Crippen LogP contribution is -2.27. The second-order valence-electron chi connectivity index (χ2n) is 8.02. The molecule has 7 heteroatoms. The molecular formula is C24H32O7. The number of hydrogen-bond acceptors (Lipinski definition) is 7. The number of carbonyl (C=O) groups excluding carboxylic acids is 1. The first kappa shape index (κ1) is 24.3. The van der Waals surface area contributed by atoms with Crippen molar-refractivity contribution in [2.24, 2.45) is 0 Å². The summed E-state index contributed by atoms with van der Waals surface area (Å²) in [5, 5.41) is 10.7. The van der Waals surface area contributed by atoms with E-state index in [-0.39, 0.29) is 6.61 Å². The average Bonchev–Trinajstić information content (AvgIpc) is 2.74. The lowest BCUT2D eigenvalue weighted by Gasteiger charge is -2.19. The molecule has 0 radical (unpaired) electrons. The quantitative estimate of drug-likeness (QED) is 0.566. The number of carbonyl (C=O) groups is 1. The highest BCUT2D eigenvalue weighted by molar-refractivity contribution is 5.71. The molecule has 1 N–H and O–H groups in total. The molecule has 2 rings (SSSR count). The maximum absolute atomic E-state index is 11.8. The molecule has 0 amide bonds. The van der Waals surface area contributed by atoms with Crippen LogP contribution in [0.1, 0.15) is 44.4 Å². The fourth-order valence-corrected chi connectivity index (χ4v) is 3.10. The van der Waals surface area contributed by atoms with Gasteiger partial charge in [0.15, 0.2) is 18.1 Å². The van der Waals surface area contributed by atoms with Crippen molar-refractivity contribution in [3.63, 3.8) is 0 Å². The Labute approximate surface area is 183 Å². The highest BCUT2D eigenvalue weighted by Crippen LogP contribution is 2.37. The molecule has 0 unspecified atom stereocenters. The summed E-state index contributed by atoms with van der Waals surface area (Å²) < 4.78 is 27.0. The molecule has 0 aromatic heterocycles. The van der Waals surface area contributed by atoms with Crippen LogP contribution in [0.2, 0.25) is 0 Å². The van der Waals surface area contributed by atoms with Gasteiger partial charge in [0.25, 0.3) is 0 Å². The number of aliphatic hydroxyl groups is 1. The van der Waals surface area contributed by atoms with Gasteiger partial charge in [0.05, 0.1) is 27.4 Å². The van der Waals surface area contributed by atoms with Crippen molar-refractivity contribution < 1.29 is 33.6 Å². The Morgan fingerprint density at radius 1 is 1.00 bits per heavy atom. The zero-order valence-electron chi connectivity index (χ0n) is 19.1. The van der Waals surface area contributed by atoms with Crippen molar-refractivity contribution in [1.29, 1.82) is 0 Å². The predicted octanol–water partition coefficient (Wildman–Crippen LogP) is 4.10. The minimum Gasteiger partial charge on any atom is -0.497 e. The maximum atomic E-state index is 11.8. The monoisotopic (exact) mass is 432 g/mol. The molecule has 0 spiro atoms. The highest BCUT2D eigenvalue weighted by atomic mass is 16.6. The zero-order valence-corrected chi connectivity index (χ0v) is 19.1. The van der Waals surface area contributed by atoms with Crippen molar-refractivity contribution in [3.05, 3.63) is 47.5 Å². The SMILES string of the molecule is COc1cc(CC[C@@H](O)c2cccc(OCC(=O)OC(C)(C)C)c2)c(OC)c(OC)c1. The van der Waals surface area contributed by atoms with Crippen molar-refractivity contribution in [1.82, 2.24) is 0 Å². The van der Waals surface area contributed by atoms with Gasteiger partial charge in [-0.05, 0) is 57.4 Å². The zero-order chi connectivity index (χ0) is 23.0. The summed E-state index contributed by atoms with van der Waals surface area (Å²) in [4.78, 5) is 11.8. The van der Waals surface area contributed by atoms with Crippen molar-refractivity contribution in [2.75, 3.05) is 27.9 Å². The summed E-state index contributed by atoms with van der Waals surface area (Å²) >= 11 is 0. The van der Waals surface area contributed by atoms with E-state index in [1.54, 1.807) is 66.4 Å². The fraction of sp³-hybridized carbons (Fsp3) is 0.458. The van der Waals surface area contributed by atoms with Crippen LogP contribution < -0.4 is 18.9 Å². The minimum absolute atomic E-state index is 0.197. The van der Waals surface area contributed by atoms with Crippen LogP contribution in [0.15, 0.2) is 36.4 Å². The number of methoxy groups -OCH3 is 3. The van der Waals surface area contributed by atoms with Crippen LogP contribution in [0.4, 0.5) is 0 Å². The lowest BCUT2D eigenvalue weighted by molar-refractivity contribution is -0.157. The standard InChI is InChI=1S/C24H32O7/c1-24(2,3)31-22(26)15-30-18-9-7-8-16(12-18)20(25)11-10-17-13-19(27-4)14-21(28-5)23(17)29-6/h7-9,12-14,20,25H,10-11,15H2,1-6H3/t20-/m1/s1. The largest absolute Gasteiger partial charge is 0.497 e. The molecule has 0 saturated heterocycles. The lowest BCUT2D eigenvalue weighted by atomic mass is 10.00. The maximum Gasteiger partial charge on any atom is 0.344 e. The number of aliphatic hydroxyl groups excluding tert-OH is 1. The third kappa shape index (κ3) is 7.36. The first-order valence-corrected chi connectivity index (χ1v) is 10.1. The Balaban J connectivity index is 2.04. The van der Waals surface area contributed by atoms with Crippen LogP contribution in [0, 0.1) is 0 Å². The summed E-state index contributed by atoms with van der Waals surface area (Å²) in [5.74, 6) is 1.88. The van der Waals surface area contributed by atoms with E-state index >= 15 is 0 Å². The van der Waals surface area contributed by atoms with Gasteiger partial charge >= 0.3 is 5.97 Å². The molecule has 0 bridgehead atoms. The first-order chi connectivity index (χ1) is 14.7. The second-order valence-corrected chi connectivity index (χ2v) is 8.02. The Morgan fingerprint density at radius 2 is 1.74 bits per heavy atom. The summed E-state index contributed by atoms with van der Waals surface area (Å²) in [6.07, 6.45) is 0.260. The molecule has 0 aliphatic heterocycles. The van der Waals surface area contributed by atoms with Crippen LogP contribution in [0.3, 0.4) is 0 Å². The van der Waals surface area contributed by atoms with Crippen LogP contribution in [-0.2, 0) is 16.0 Å². The molecular weight excluding hydrogens is 400 g/mol. The van der Waals surface area contributed by atoms with Crippen LogP contribution in [0.25, 0.3) is 0 Å². The third-order valence-corrected chi connectivity index (χ3v) is 4.47.